The van der Waals surface area contributed by atoms with E-state index in [1.807, 2.05) is 49.1 Å². The van der Waals surface area contributed by atoms with E-state index >= 15 is 0 Å². The Hall–Kier alpha value is -3.76. The number of hydrogen-bond donors (Lipinski definition) is 2. The number of hydrogen-bond acceptors (Lipinski definition) is 6. The van der Waals surface area contributed by atoms with Gasteiger partial charge in [0.1, 0.15) is 0 Å². The summed E-state index contributed by atoms with van der Waals surface area (Å²) in [4.78, 5) is 14.2. The molecule has 8 nitrogen and oxygen atoms in total. The molecule has 0 spiro atoms. The molecule has 2 N–H and O–H groups in total. The first kappa shape index (κ1) is 36.9. The van der Waals surface area contributed by atoms with Crippen LogP contribution in [0, 0.1) is 0 Å². The van der Waals surface area contributed by atoms with Crippen molar-refractivity contribution in [1.29, 1.82) is 0 Å². The predicted octanol–water partition coefficient (Wildman–Crippen LogP) is 8.83. The normalized spacial score (nSPS) is 20.9. The second-order valence-corrected chi connectivity index (χ2v) is 16.8. The van der Waals surface area contributed by atoms with Gasteiger partial charge in [-0.1, -0.05) is 23.2 Å². The van der Waals surface area contributed by atoms with E-state index in [4.69, 9.17) is 23.2 Å². The first-order valence-corrected chi connectivity index (χ1v) is 21.2. The SMILES string of the molecule is Clc1ccc(-n2cc(C3CCN(C4CCNC4)CC3)c3ccncc32)cc1.Clc1ccc(-n2cc(C3CCN(C4CCNCC4)CC3)c3ccncc32)cc1. The standard InChI is InChI=1S/C23H27ClN4.C22H25ClN4/c24-18-1-3-20(4-2-18)28-16-22(21-7-12-26-15-23(21)28)17-8-13-27(14-9-17)19-5-10-25-11-6-19;23-17-1-3-18(4-2-17)27-15-21(20-6-10-25-14-22(20)27)16-7-11-26(12-8-16)19-5-9-24-13-19/h1-4,7,12,15-17,19,25H,5-6,8-11,13-14H2;1-4,6,10,14-16,19,24H,5,7-9,11-13H2. The summed E-state index contributed by atoms with van der Waals surface area (Å²) >= 11 is 12.2. The topological polar surface area (TPSA) is 66.2 Å². The van der Waals surface area contributed by atoms with Gasteiger partial charge in [0.2, 0.25) is 0 Å². The molecule has 4 fully saturated rings. The molecule has 4 aromatic heterocycles. The minimum absolute atomic E-state index is 0.620. The highest BCUT2D eigenvalue weighted by Crippen LogP contribution is 2.38. The average Bonchev–Trinajstić information content (AvgIpc) is 4.01. The minimum atomic E-state index is 0.620. The molecule has 0 amide bonds. The molecule has 2 aromatic carbocycles. The van der Waals surface area contributed by atoms with Crippen molar-refractivity contribution in [3.8, 4) is 11.4 Å². The molecular formula is C45H52Cl2N8. The van der Waals surface area contributed by atoms with Crippen molar-refractivity contribution in [2.45, 2.75) is 68.9 Å². The number of benzene rings is 2. The van der Waals surface area contributed by atoms with E-state index in [1.54, 1.807) is 0 Å². The molecule has 55 heavy (non-hydrogen) atoms. The molecule has 4 aliphatic rings. The van der Waals surface area contributed by atoms with Crippen LogP contribution in [0.3, 0.4) is 0 Å². The molecule has 0 aliphatic carbocycles. The molecule has 0 saturated carbocycles. The van der Waals surface area contributed by atoms with Crippen LogP contribution in [0.4, 0.5) is 0 Å². The van der Waals surface area contributed by atoms with Crippen LogP contribution < -0.4 is 10.6 Å². The lowest BCUT2D eigenvalue weighted by molar-refractivity contribution is 0.127. The number of nitrogens with one attached hydrogen (secondary N) is 2. The molecule has 1 atom stereocenters. The highest BCUT2D eigenvalue weighted by molar-refractivity contribution is 6.30. The third kappa shape index (κ3) is 7.95. The van der Waals surface area contributed by atoms with E-state index in [2.05, 4.69) is 88.3 Å². The van der Waals surface area contributed by atoms with Crippen molar-refractivity contribution < 1.29 is 0 Å². The fraction of sp³-hybridized carbons (Fsp3) is 0.422. The van der Waals surface area contributed by atoms with E-state index in [1.165, 1.54) is 124 Å². The molecule has 8 heterocycles. The Morgan fingerprint density at radius 2 is 0.945 bits per heavy atom. The van der Waals surface area contributed by atoms with Gasteiger partial charge in [0.05, 0.1) is 23.4 Å². The Morgan fingerprint density at radius 1 is 0.509 bits per heavy atom. The zero-order valence-corrected chi connectivity index (χ0v) is 33.1. The van der Waals surface area contributed by atoms with Gasteiger partial charge in [-0.15, -0.1) is 0 Å². The van der Waals surface area contributed by atoms with Gasteiger partial charge in [0, 0.05) is 75.6 Å². The average molecular weight is 776 g/mol. The molecule has 286 valence electrons. The smallest absolute Gasteiger partial charge is 0.0715 e. The Labute approximate surface area is 334 Å². The number of likely N-dealkylation sites (tertiary alicyclic amines) is 2. The first-order chi connectivity index (χ1) is 27.1. The number of rotatable bonds is 6. The lowest BCUT2D eigenvalue weighted by Gasteiger charge is -2.39. The zero-order chi connectivity index (χ0) is 37.1. The molecule has 6 aromatic rings. The maximum atomic E-state index is 6.09. The molecule has 1 unspecified atom stereocenters. The second-order valence-electron chi connectivity index (χ2n) is 15.9. The highest BCUT2D eigenvalue weighted by Gasteiger charge is 2.30. The second kappa shape index (κ2) is 16.8. The van der Waals surface area contributed by atoms with Crippen LogP contribution in [-0.4, -0.2) is 93.3 Å². The van der Waals surface area contributed by atoms with Gasteiger partial charge < -0.3 is 24.7 Å². The van der Waals surface area contributed by atoms with Crippen LogP contribution in [0.25, 0.3) is 33.2 Å². The van der Waals surface area contributed by atoms with Gasteiger partial charge in [0.15, 0.2) is 0 Å². The molecule has 0 bridgehead atoms. The van der Waals surface area contributed by atoms with Gasteiger partial charge >= 0.3 is 0 Å². The lowest BCUT2D eigenvalue weighted by atomic mass is 9.88. The summed E-state index contributed by atoms with van der Waals surface area (Å²) in [5.41, 5.74) is 7.57. The summed E-state index contributed by atoms with van der Waals surface area (Å²) in [5, 5.41) is 11.2. The molecular weight excluding hydrogens is 723 g/mol. The number of nitrogens with zero attached hydrogens (tertiary/aromatic N) is 6. The van der Waals surface area contributed by atoms with Crippen molar-refractivity contribution in [2.24, 2.45) is 0 Å². The Balaban J connectivity index is 0.000000144. The van der Waals surface area contributed by atoms with Crippen LogP contribution >= 0.6 is 23.2 Å². The van der Waals surface area contributed by atoms with E-state index in [9.17, 15) is 0 Å². The van der Waals surface area contributed by atoms with Crippen LogP contribution in [0.1, 0.15) is 67.9 Å². The Morgan fingerprint density at radius 3 is 1.40 bits per heavy atom. The highest BCUT2D eigenvalue weighted by atomic mass is 35.5. The summed E-state index contributed by atoms with van der Waals surface area (Å²) in [5.74, 6) is 1.24. The summed E-state index contributed by atoms with van der Waals surface area (Å²) in [7, 11) is 0. The van der Waals surface area contributed by atoms with Crippen molar-refractivity contribution in [3.05, 3.63) is 119 Å². The Kier molecular flexibility index (Phi) is 11.2. The van der Waals surface area contributed by atoms with E-state index < -0.39 is 0 Å². The number of aromatic nitrogens is 4. The van der Waals surface area contributed by atoms with Crippen molar-refractivity contribution in [1.82, 2.24) is 39.5 Å². The summed E-state index contributed by atoms with van der Waals surface area (Å²) in [6.45, 7) is 9.52. The third-order valence-corrected chi connectivity index (χ3v) is 13.3. The monoisotopic (exact) mass is 774 g/mol. The molecule has 10 rings (SSSR count). The minimum Gasteiger partial charge on any atom is -0.317 e. The van der Waals surface area contributed by atoms with Crippen LogP contribution in [0.5, 0.6) is 0 Å². The fourth-order valence-corrected chi connectivity index (χ4v) is 10.0. The van der Waals surface area contributed by atoms with E-state index in [-0.39, 0.29) is 0 Å². The van der Waals surface area contributed by atoms with Gasteiger partial charge in [-0.2, -0.15) is 0 Å². The van der Waals surface area contributed by atoms with Crippen LogP contribution in [0.2, 0.25) is 10.0 Å². The van der Waals surface area contributed by atoms with Gasteiger partial charge in [-0.25, -0.2) is 0 Å². The number of fused-ring (bicyclic) bond motifs is 2. The van der Waals surface area contributed by atoms with Crippen LogP contribution in [-0.2, 0) is 0 Å². The number of pyridine rings is 2. The lowest BCUT2D eigenvalue weighted by Crippen LogP contribution is -2.46. The summed E-state index contributed by atoms with van der Waals surface area (Å²) in [6.07, 6.45) is 21.3. The number of halogens is 2. The quantitative estimate of drug-likeness (QED) is 0.176. The molecule has 4 aliphatic heterocycles. The van der Waals surface area contributed by atoms with E-state index in [0.29, 0.717) is 11.8 Å². The fourth-order valence-electron chi connectivity index (χ4n) is 9.76. The molecule has 0 radical (unpaired) electrons. The van der Waals surface area contributed by atoms with Gasteiger partial charge in [-0.3, -0.25) is 14.9 Å². The summed E-state index contributed by atoms with van der Waals surface area (Å²) < 4.78 is 4.54. The predicted molar refractivity (Wildman–Crippen MR) is 226 cm³/mol. The van der Waals surface area contributed by atoms with Crippen molar-refractivity contribution in [2.75, 3.05) is 52.4 Å². The third-order valence-electron chi connectivity index (χ3n) is 12.8. The molecule has 4 saturated heterocycles. The first-order valence-electron chi connectivity index (χ1n) is 20.4. The maximum Gasteiger partial charge on any atom is 0.0715 e. The zero-order valence-electron chi connectivity index (χ0n) is 31.6. The van der Waals surface area contributed by atoms with Crippen molar-refractivity contribution >= 4 is 45.0 Å². The van der Waals surface area contributed by atoms with E-state index in [0.717, 1.165) is 40.0 Å². The van der Waals surface area contributed by atoms with Crippen LogP contribution in [0.15, 0.2) is 97.8 Å². The molecule has 10 heteroatoms. The maximum absolute atomic E-state index is 6.09. The Bertz CT molecular complexity index is 2170. The number of piperidine rings is 3. The summed E-state index contributed by atoms with van der Waals surface area (Å²) in [6, 6.07) is 22.0. The van der Waals surface area contributed by atoms with Crippen molar-refractivity contribution in [3.63, 3.8) is 0 Å². The van der Waals surface area contributed by atoms with Gasteiger partial charge in [-0.05, 0) is 174 Å². The largest absolute Gasteiger partial charge is 0.317 e. The van der Waals surface area contributed by atoms with Gasteiger partial charge in [0.25, 0.3) is 0 Å².